The summed E-state index contributed by atoms with van der Waals surface area (Å²) >= 11 is 7.66. The van der Waals surface area contributed by atoms with Gasteiger partial charge < -0.3 is 4.90 Å². The molecular formula is C17H17ClN2O3S2. The van der Waals surface area contributed by atoms with Crippen molar-refractivity contribution in [3.05, 3.63) is 47.5 Å². The summed E-state index contributed by atoms with van der Waals surface area (Å²) < 4.78 is 27.9. The fraction of sp³-hybridized carbons (Fsp3) is 0.235. The van der Waals surface area contributed by atoms with Crippen LogP contribution >= 0.6 is 23.4 Å². The Morgan fingerprint density at radius 2 is 2.00 bits per heavy atom. The normalized spacial score (nSPS) is 17.1. The van der Waals surface area contributed by atoms with E-state index in [0.717, 1.165) is 4.90 Å². The minimum absolute atomic E-state index is 0.0903. The van der Waals surface area contributed by atoms with Gasteiger partial charge in [-0.05, 0) is 30.3 Å². The molecule has 132 valence electrons. The molecule has 0 spiro atoms. The van der Waals surface area contributed by atoms with E-state index in [1.807, 2.05) is 6.92 Å². The molecule has 1 N–H and O–H groups in total. The molecule has 0 aliphatic carbocycles. The van der Waals surface area contributed by atoms with Crippen LogP contribution in [0.2, 0.25) is 5.02 Å². The molecule has 0 bridgehead atoms. The maximum absolute atomic E-state index is 12.7. The van der Waals surface area contributed by atoms with E-state index in [9.17, 15) is 13.2 Å². The molecule has 1 amide bonds. The van der Waals surface area contributed by atoms with E-state index in [2.05, 4.69) is 4.72 Å². The number of hydrogen-bond acceptors (Lipinski definition) is 4. The highest BCUT2D eigenvalue weighted by molar-refractivity contribution is 8.00. The number of hydrogen-bond donors (Lipinski definition) is 1. The van der Waals surface area contributed by atoms with Crippen molar-refractivity contribution >= 4 is 50.7 Å². The van der Waals surface area contributed by atoms with Crippen molar-refractivity contribution in [3.63, 3.8) is 0 Å². The molecule has 2 aromatic carbocycles. The van der Waals surface area contributed by atoms with Gasteiger partial charge in [0.2, 0.25) is 5.91 Å². The number of nitrogens with one attached hydrogen (secondary N) is 1. The van der Waals surface area contributed by atoms with Crippen LogP contribution in [0.25, 0.3) is 0 Å². The van der Waals surface area contributed by atoms with Gasteiger partial charge in [0.1, 0.15) is 0 Å². The largest absolute Gasteiger partial charge is 0.310 e. The van der Waals surface area contributed by atoms with E-state index in [-0.39, 0.29) is 16.1 Å². The Bertz CT molecular complexity index is 931. The first kappa shape index (κ1) is 18.1. The van der Waals surface area contributed by atoms with Gasteiger partial charge in [-0.1, -0.05) is 30.7 Å². The highest BCUT2D eigenvalue weighted by Gasteiger charge is 2.27. The Morgan fingerprint density at radius 1 is 1.28 bits per heavy atom. The maximum Gasteiger partial charge on any atom is 0.262 e. The predicted octanol–water partition coefficient (Wildman–Crippen LogP) is 3.99. The van der Waals surface area contributed by atoms with Gasteiger partial charge in [-0.25, -0.2) is 8.42 Å². The first-order valence-corrected chi connectivity index (χ1v) is 10.4. The van der Waals surface area contributed by atoms with Crippen LogP contribution < -0.4 is 9.62 Å². The van der Waals surface area contributed by atoms with Crippen molar-refractivity contribution in [1.29, 1.82) is 0 Å². The van der Waals surface area contributed by atoms with Crippen LogP contribution in [0.1, 0.15) is 13.8 Å². The van der Waals surface area contributed by atoms with Gasteiger partial charge in [0.25, 0.3) is 10.0 Å². The van der Waals surface area contributed by atoms with E-state index >= 15 is 0 Å². The molecule has 0 saturated carbocycles. The van der Waals surface area contributed by atoms with E-state index in [0.29, 0.717) is 22.9 Å². The van der Waals surface area contributed by atoms with Crippen LogP contribution in [0.4, 0.5) is 11.4 Å². The summed E-state index contributed by atoms with van der Waals surface area (Å²) in [4.78, 5) is 14.5. The second-order valence-corrected chi connectivity index (χ2v) is 9.34. The Balaban J connectivity index is 2.00. The molecule has 0 saturated heterocycles. The van der Waals surface area contributed by atoms with Gasteiger partial charge >= 0.3 is 0 Å². The molecule has 1 aliphatic rings. The third-order valence-corrected chi connectivity index (χ3v) is 6.64. The number of fused-ring (bicyclic) bond motifs is 1. The Morgan fingerprint density at radius 3 is 2.68 bits per heavy atom. The molecular weight excluding hydrogens is 380 g/mol. The molecule has 0 fully saturated rings. The molecule has 0 radical (unpaired) electrons. The second-order valence-electron chi connectivity index (χ2n) is 5.77. The van der Waals surface area contributed by atoms with Crippen LogP contribution in [-0.2, 0) is 14.8 Å². The average molecular weight is 397 g/mol. The molecule has 3 rings (SSSR count). The van der Waals surface area contributed by atoms with Gasteiger partial charge in [-0.15, -0.1) is 11.8 Å². The Hall–Kier alpha value is -1.70. The lowest BCUT2D eigenvalue weighted by molar-refractivity contribution is -0.116. The molecule has 2 aromatic rings. The van der Waals surface area contributed by atoms with Gasteiger partial charge in [0, 0.05) is 23.6 Å². The molecule has 1 heterocycles. The molecule has 1 aliphatic heterocycles. The topological polar surface area (TPSA) is 66.5 Å². The van der Waals surface area contributed by atoms with Crippen molar-refractivity contribution in [2.45, 2.75) is 28.9 Å². The smallest absolute Gasteiger partial charge is 0.262 e. The number of amides is 1. The number of rotatable bonds is 3. The molecule has 1 unspecified atom stereocenters. The van der Waals surface area contributed by atoms with Crippen LogP contribution in [0.3, 0.4) is 0 Å². The number of thioether (sulfide) groups is 1. The van der Waals surface area contributed by atoms with Gasteiger partial charge in [0.15, 0.2) is 0 Å². The minimum atomic E-state index is -3.81. The first-order valence-electron chi connectivity index (χ1n) is 7.64. The molecule has 8 heteroatoms. The lowest BCUT2D eigenvalue weighted by Gasteiger charge is -2.32. The van der Waals surface area contributed by atoms with Gasteiger partial charge in [0.05, 0.1) is 21.3 Å². The predicted molar refractivity (Wildman–Crippen MR) is 102 cm³/mol. The van der Waals surface area contributed by atoms with Crippen LogP contribution in [0, 0.1) is 0 Å². The number of sulfonamides is 1. The van der Waals surface area contributed by atoms with Gasteiger partial charge in [-0.2, -0.15) is 0 Å². The Labute approximate surface area is 156 Å². The van der Waals surface area contributed by atoms with Crippen LogP contribution in [0.15, 0.2) is 52.3 Å². The summed E-state index contributed by atoms with van der Waals surface area (Å²) in [5, 5.41) is 0.568. The lowest BCUT2D eigenvalue weighted by atomic mass is 10.2. The van der Waals surface area contributed by atoms with E-state index < -0.39 is 10.0 Å². The maximum atomic E-state index is 12.7. The van der Waals surface area contributed by atoms with Crippen molar-refractivity contribution in [2.75, 3.05) is 16.2 Å². The summed E-state index contributed by atoms with van der Waals surface area (Å²) in [5.41, 5.74) is 0.936. The molecule has 1 atom stereocenters. The standard InChI is InChI=1S/C17H17ClN2O3S2/c1-11-10-20(12(2)21)16-9-13(7-8-17(16)24-11)25(22,23)19-15-6-4-3-5-14(15)18/h3-9,11,19H,10H2,1-2H3. The number of nitrogens with zero attached hydrogens (tertiary/aromatic N) is 1. The zero-order valence-corrected chi connectivity index (χ0v) is 16.1. The number of para-hydroxylation sites is 1. The summed E-state index contributed by atoms with van der Waals surface area (Å²) in [6.45, 7) is 4.07. The fourth-order valence-electron chi connectivity index (χ4n) is 2.63. The lowest BCUT2D eigenvalue weighted by Crippen LogP contribution is -2.37. The van der Waals surface area contributed by atoms with Crippen LogP contribution in [-0.4, -0.2) is 26.1 Å². The zero-order valence-electron chi connectivity index (χ0n) is 13.7. The summed E-state index contributed by atoms with van der Waals surface area (Å²) in [5.74, 6) is -0.109. The van der Waals surface area contributed by atoms with E-state index in [4.69, 9.17) is 11.6 Å². The number of carbonyl (C=O) groups is 1. The van der Waals surface area contributed by atoms with E-state index in [1.165, 1.54) is 13.0 Å². The van der Waals surface area contributed by atoms with Crippen molar-refractivity contribution < 1.29 is 13.2 Å². The number of anilines is 2. The quantitative estimate of drug-likeness (QED) is 0.851. The third kappa shape index (κ3) is 3.78. The number of benzene rings is 2. The highest BCUT2D eigenvalue weighted by atomic mass is 35.5. The number of carbonyl (C=O) groups excluding carboxylic acids is 1. The monoisotopic (exact) mass is 396 g/mol. The van der Waals surface area contributed by atoms with E-state index in [1.54, 1.807) is 53.1 Å². The number of halogens is 1. The average Bonchev–Trinajstić information content (AvgIpc) is 2.55. The Kier molecular flexibility index (Phi) is 4.99. The van der Waals surface area contributed by atoms with Gasteiger partial charge in [-0.3, -0.25) is 9.52 Å². The second kappa shape index (κ2) is 6.90. The van der Waals surface area contributed by atoms with Crippen molar-refractivity contribution in [3.8, 4) is 0 Å². The van der Waals surface area contributed by atoms with Crippen molar-refractivity contribution in [2.24, 2.45) is 0 Å². The van der Waals surface area contributed by atoms with Crippen molar-refractivity contribution in [1.82, 2.24) is 0 Å². The van der Waals surface area contributed by atoms with Crippen LogP contribution in [0.5, 0.6) is 0 Å². The zero-order chi connectivity index (χ0) is 18.2. The third-order valence-electron chi connectivity index (χ3n) is 3.80. The molecule has 25 heavy (non-hydrogen) atoms. The highest BCUT2D eigenvalue weighted by Crippen LogP contribution is 2.40. The molecule has 0 aromatic heterocycles. The minimum Gasteiger partial charge on any atom is -0.310 e. The summed E-state index contributed by atoms with van der Waals surface area (Å²) in [6, 6.07) is 11.5. The SMILES string of the molecule is CC(=O)N1CC(C)Sc2ccc(S(=O)(=O)Nc3ccccc3Cl)cc21. The first-order chi connectivity index (χ1) is 11.8. The summed E-state index contributed by atoms with van der Waals surface area (Å²) in [6.07, 6.45) is 0. The fourth-order valence-corrected chi connectivity index (χ4v) is 5.06. The molecule has 5 nitrogen and oxygen atoms in total. The summed E-state index contributed by atoms with van der Waals surface area (Å²) in [7, 11) is -3.81.